The topological polar surface area (TPSA) is 111 Å². The number of nitrogens with zero attached hydrogens (tertiary/aromatic N) is 4. The van der Waals surface area contributed by atoms with E-state index in [9.17, 15) is 20.2 Å². The third-order valence-electron chi connectivity index (χ3n) is 5.61. The second-order valence-corrected chi connectivity index (χ2v) is 11.4. The molecule has 0 saturated carbocycles. The molecule has 4 rings (SSSR count). The van der Waals surface area contributed by atoms with Gasteiger partial charge in [-0.1, -0.05) is 47.5 Å². The number of hydrogen-bond acceptors (Lipinski definition) is 8. The van der Waals surface area contributed by atoms with Crippen LogP contribution in [-0.4, -0.2) is 19.9 Å². The second-order valence-electron chi connectivity index (χ2n) is 8.47. The van der Waals surface area contributed by atoms with Crippen molar-refractivity contribution in [2.24, 2.45) is 9.98 Å². The molecule has 8 nitrogen and oxygen atoms in total. The van der Waals surface area contributed by atoms with Crippen LogP contribution in [0.25, 0.3) is 0 Å². The van der Waals surface area contributed by atoms with Crippen LogP contribution in [0.1, 0.15) is 22.3 Å². The molecular formula is C28H20Cl2N4O4S2. The molecule has 0 spiro atoms. The van der Waals surface area contributed by atoms with Gasteiger partial charge in [0.25, 0.3) is 11.4 Å². The highest BCUT2D eigenvalue weighted by Crippen LogP contribution is 2.36. The lowest BCUT2D eigenvalue weighted by molar-refractivity contribution is -0.385. The van der Waals surface area contributed by atoms with Crippen LogP contribution in [0.15, 0.2) is 94.9 Å². The molecule has 0 aromatic heterocycles. The van der Waals surface area contributed by atoms with Gasteiger partial charge in [-0.15, -0.1) is 0 Å². The van der Waals surface area contributed by atoms with Crippen molar-refractivity contribution in [2.75, 3.05) is 0 Å². The monoisotopic (exact) mass is 610 g/mol. The second kappa shape index (κ2) is 13.1. The highest BCUT2D eigenvalue weighted by Gasteiger charge is 2.15. The molecule has 40 heavy (non-hydrogen) atoms. The minimum Gasteiger partial charge on any atom is -0.258 e. The Morgan fingerprint density at radius 3 is 1.27 bits per heavy atom. The molecule has 4 aromatic rings. The van der Waals surface area contributed by atoms with Crippen molar-refractivity contribution in [1.82, 2.24) is 0 Å². The van der Waals surface area contributed by atoms with Crippen molar-refractivity contribution in [3.05, 3.63) is 137 Å². The number of benzene rings is 4. The molecule has 0 radical (unpaired) electrons. The van der Waals surface area contributed by atoms with Crippen molar-refractivity contribution in [3.63, 3.8) is 0 Å². The normalized spacial score (nSPS) is 11.9. The zero-order valence-corrected chi connectivity index (χ0v) is 24.2. The molecule has 202 valence electrons. The van der Waals surface area contributed by atoms with E-state index in [-0.39, 0.29) is 11.4 Å². The first-order chi connectivity index (χ1) is 19.1. The average molecular weight is 612 g/mol. The summed E-state index contributed by atoms with van der Waals surface area (Å²) in [5, 5.41) is 24.8. The largest absolute Gasteiger partial charge is 0.269 e. The van der Waals surface area contributed by atoms with Gasteiger partial charge >= 0.3 is 0 Å². The number of hydrogen-bond donors (Lipinski definition) is 0. The summed E-state index contributed by atoms with van der Waals surface area (Å²) in [6.07, 6.45) is 0. The molecule has 0 unspecified atom stereocenters. The van der Waals surface area contributed by atoms with Crippen molar-refractivity contribution in [1.29, 1.82) is 0 Å². The maximum absolute atomic E-state index is 11.2. The fourth-order valence-corrected chi connectivity index (χ4v) is 5.92. The van der Waals surface area contributed by atoms with Gasteiger partial charge in [0.05, 0.1) is 21.2 Å². The fraction of sp³-hybridized carbons (Fsp3) is 0.0714. The number of non-ortho nitro benzene ring substituents is 2. The van der Waals surface area contributed by atoms with Crippen LogP contribution in [0.3, 0.4) is 0 Å². The van der Waals surface area contributed by atoms with Crippen LogP contribution in [0.5, 0.6) is 0 Å². The standard InChI is InChI=1S/C28H20Cl2N4O4S2/c1-17-15-23(33(35)36)11-13-25(17)31-27(19-3-7-21(29)8-4-19)39-40-28(20-5-9-22(30)10-6-20)32-26-14-12-24(34(37)38)16-18(26)2/h3-16H,1-2H3. The number of nitro benzene ring substituents is 2. The maximum Gasteiger partial charge on any atom is 0.269 e. The Bertz CT molecular complexity index is 1520. The summed E-state index contributed by atoms with van der Waals surface area (Å²) in [5.74, 6) is 0. The molecule has 0 amide bonds. The van der Waals surface area contributed by atoms with Gasteiger partial charge in [-0.2, -0.15) is 0 Å². The maximum atomic E-state index is 11.2. The summed E-state index contributed by atoms with van der Waals surface area (Å²) in [6, 6.07) is 23.4. The highest BCUT2D eigenvalue weighted by atomic mass is 35.5. The smallest absolute Gasteiger partial charge is 0.258 e. The minimum atomic E-state index is -0.444. The Labute approximate surface area is 247 Å². The van der Waals surface area contributed by atoms with Crippen molar-refractivity contribution in [3.8, 4) is 0 Å². The van der Waals surface area contributed by atoms with E-state index in [0.29, 0.717) is 42.6 Å². The fourth-order valence-electron chi connectivity index (χ4n) is 3.50. The van der Waals surface area contributed by atoms with Gasteiger partial charge in [0.15, 0.2) is 0 Å². The zero-order valence-electron chi connectivity index (χ0n) is 21.1. The van der Waals surface area contributed by atoms with Crippen molar-refractivity contribution < 1.29 is 9.85 Å². The van der Waals surface area contributed by atoms with E-state index in [1.54, 1.807) is 50.2 Å². The lowest BCUT2D eigenvalue weighted by atomic mass is 10.2. The minimum absolute atomic E-state index is 0.0119. The number of aliphatic imine (C=N–C) groups is 2. The van der Waals surface area contributed by atoms with E-state index in [2.05, 4.69) is 0 Å². The van der Waals surface area contributed by atoms with E-state index in [1.165, 1.54) is 45.9 Å². The first-order valence-electron chi connectivity index (χ1n) is 11.6. The van der Waals surface area contributed by atoms with E-state index in [1.807, 2.05) is 24.3 Å². The van der Waals surface area contributed by atoms with E-state index in [0.717, 1.165) is 11.1 Å². The summed E-state index contributed by atoms with van der Waals surface area (Å²) in [6.45, 7) is 3.53. The quantitative estimate of drug-likeness (QED) is 0.0706. The third-order valence-corrected chi connectivity index (χ3v) is 8.36. The Balaban J connectivity index is 1.75. The molecule has 0 fully saturated rings. The van der Waals surface area contributed by atoms with Gasteiger partial charge in [0.2, 0.25) is 0 Å². The molecule has 0 atom stereocenters. The predicted octanol–water partition coefficient (Wildman–Crippen LogP) is 9.66. The third kappa shape index (κ3) is 7.48. The molecule has 12 heteroatoms. The van der Waals surface area contributed by atoms with Gasteiger partial charge in [-0.25, -0.2) is 9.98 Å². The highest BCUT2D eigenvalue weighted by molar-refractivity contribution is 8.87. The Hall–Kier alpha value is -3.70. The molecule has 0 aliphatic rings. The average Bonchev–Trinajstić information content (AvgIpc) is 2.92. The predicted molar refractivity (Wildman–Crippen MR) is 166 cm³/mol. The summed E-state index contributed by atoms with van der Waals surface area (Å²) in [4.78, 5) is 31.2. The summed E-state index contributed by atoms with van der Waals surface area (Å²) >= 11 is 12.2. The number of rotatable bonds is 6. The van der Waals surface area contributed by atoms with E-state index < -0.39 is 9.85 Å². The van der Waals surface area contributed by atoms with E-state index >= 15 is 0 Å². The van der Waals surface area contributed by atoms with Gasteiger partial charge in [0, 0.05) is 45.4 Å². The molecular weight excluding hydrogens is 591 g/mol. The van der Waals surface area contributed by atoms with Crippen LogP contribution < -0.4 is 0 Å². The Morgan fingerprint density at radius 1 is 0.625 bits per heavy atom. The molecule has 0 aliphatic carbocycles. The summed E-state index contributed by atoms with van der Waals surface area (Å²) in [7, 11) is 2.71. The van der Waals surface area contributed by atoms with Gasteiger partial charge in [-0.05, 0) is 83.0 Å². The molecule has 0 N–H and O–H groups in total. The zero-order chi connectivity index (χ0) is 28.8. The molecule has 0 bridgehead atoms. The molecule has 0 aliphatic heterocycles. The summed E-state index contributed by atoms with van der Waals surface area (Å²) < 4.78 is 0. The first-order valence-corrected chi connectivity index (χ1v) is 14.5. The lowest BCUT2D eigenvalue weighted by Crippen LogP contribution is -1.99. The Kier molecular flexibility index (Phi) is 9.59. The summed E-state index contributed by atoms with van der Waals surface area (Å²) in [5.41, 5.74) is 4.03. The SMILES string of the molecule is Cc1cc([N+](=O)[O-])ccc1N=C(SSC(=Nc1ccc([N+](=O)[O-])cc1C)c1ccc(Cl)cc1)c1ccc(Cl)cc1. The van der Waals surface area contributed by atoms with Gasteiger partial charge < -0.3 is 0 Å². The number of halogens is 2. The first kappa shape index (κ1) is 29.3. The van der Waals surface area contributed by atoms with Crippen LogP contribution in [-0.2, 0) is 0 Å². The molecule has 4 aromatic carbocycles. The lowest BCUT2D eigenvalue weighted by Gasteiger charge is -2.11. The molecule has 0 saturated heterocycles. The van der Waals surface area contributed by atoms with Crippen LogP contribution >= 0.6 is 44.8 Å². The van der Waals surface area contributed by atoms with E-state index in [4.69, 9.17) is 33.2 Å². The number of aryl methyl sites for hydroxylation is 2. The van der Waals surface area contributed by atoms with Crippen LogP contribution in [0.2, 0.25) is 10.0 Å². The Morgan fingerprint density at radius 2 is 0.975 bits per heavy atom. The number of nitro groups is 2. The van der Waals surface area contributed by atoms with Crippen LogP contribution in [0, 0.1) is 34.1 Å². The molecule has 0 heterocycles. The van der Waals surface area contributed by atoms with Gasteiger partial charge in [-0.3, -0.25) is 20.2 Å². The van der Waals surface area contributed by atoms with Crippen molar-refractivity contribution in [2.45, 2.75) is 13.8 Å². The van der Waals surface area contributed by atoms with Crippen LogP contribution in [0.4, 0.5) is 22.7 Å². The van der Waals surface area contributed by atoms with Crippen molar-refractivity contribution >= 4 is 77.6 Å². The van der Waals surface area contributed by atoms with Gasteiger partial charge in [0.1, 0.15) is 10.1 Å².